The second-order valence-corrected chi connectivity index (χ2v) is 5.92. The van der Waals surface area contributed by atoms with Gasteiger partial charge in [0, 0.05) is 7.05 Å². The van der Waals surface area contributed by atoms with Gasteiger partial charge in [-0.15, -0.1) is 11.3 Å². The third kappa shape index (κ3) is 3.28. The van der Waals surface area contributed by atoms with Crippen molar-refractivity contribution < 1.29 is 19.4 Å². The Kier molecular flexibility index (Phi) is 4.82. The van der Waals surface area contributed by atoms with Gasteiger partial charge in [-0.25, -0.2) is 4.79 Å². The lowest BCUT2D eigenvalue weighted by Crippen LogP contribution is -2.29. The third-order valence-corrected chi connectivity index (χ3v) is 4.59. The molecule has 116 valence electrons. The second kappa shape index (κ2) is 6.62. The maximum absolute atomic E-state index is 12.4. The highest BCUT2D eigenvalue weighted by Crippen LogP contribution is 2.25. The van der Waals surface area contributed by atoms with Crippen molar-refractivity contribution in [3.8, 4) is 5.75 Å². The second-order valence-electron chi connectivity index (χ2n) is 4.83. The zero-order valence-corrected chi connectivity index (χ0v) is 13.4. The maximum atomic E-state index is 12.4. The predicted molar refractivity (Wildman–Crippen MR) is 84.8 cm³/mol. The minimum atomic E-state index is -1.02. The molecule has 0 saturated carbocycles. The SMILES string of the molecule is COc1ccc([C@H](C)N(C)C(=O)c2ccc(C(=O)O)s2)cc1. The van der Waals surface area contributed by atoms with Crippen LogP contribution in [0.15, 0.2) is 36.4 Å². The van der Waals surface area contributed by atoms with Crippen LogP contribution in [-0.2, 0) is 0 Å². The molecule has 0 unspecified atom stereocenters. The van der Waals surface area contributed by atoms with Gasteiger partial charge >= 0.3 is 5.97 Å². The fourth-order valence-corrected chi connectivity index (χ4v) is 2.85. The Hall–Kier alpha value is -2.34. The van der Waals surface area contributed by atoms with Crippen LogP contribution in [0, 0.1) is 0 Å². The molecular formula is C16H17NO4S. The summed E-state index contributed by atoms with van der Waals surface area (Å²) in [6.07, 6.45) is 0. The van der Waals surface area contributed by atoms with Gasteiger partial charge in [0.05, 0.1) is 18.0 Å². The van der Waals surface area contributed by atoms with Gasteiger partial charge < -0.3 is 14.7 Å². The summed E-state index contributed by atoms with van der Waals surface area (Å²) in [4.78, 5) is 25.5. The normalized spacial score (nSPS) is 11.8. The van der Waals surface area contributed by atoms with E-state index in [2.05, 4.69) is 0 Å². The summed E-state index contributed by atoms with van der Waals surface area (Å²) in [5, 5.41) is 8.93. The lowest BCUT2D eigenvalue weighted by molar-refractivity contribution is 0.0701. The highest BCUT2D eigenvalue weighted by molar-refractivity contribution is 7.15. The summed E-state index contributed by atoms with van der Waals surface area (Å²) < 4.78 is 5.12. The zero-order valence-electron chi connectivity index (χ0n) is 12.6. The molecule has 0 bridgehead atoms. The molecule has 5 nitrogen and oxygen atoms in total. The molecule has 0 radical (unpaired) electrons. The van der Waals surface area contributed by atoms with E-state index in [-0.39, 0.29) is 16.8 Å². The summed E-state index contributed by atoms with van der Waals surface area (Å²) in [5.41, 5.74) is 0.978. The third-order valence-electron chi connectivity index (χ3n) is 3.53. The number of carboxylic acids is 1. The van der Waals surface area contributed by atoms with Crippen molar-refractivity contribution in [3.63, 3.8) is 0 Å². The molecule has 1 amide bonds. The molecule has 1 aromatic carbocycles. The number of hydrogen-bond acceptors (Lipinski definition) is 4. The van der Waals surface area contributed by atoms with Crippen LogP contribution in [0.1, 0.15) is 37.9 Å². The van der Waals surface area contributed by atoms with E-state index in [1.54, 1.807) is 25.1 Å². The number of thiophene rings is 1. The van der Waals surface area contributed by atoms with Gasteiger partial charge in [0.15, 0.2) is 0 Å². The Morgan fingerprint density at radius 1 is 1.14 bits per heavy atom. The first kappa shape index (κ1) is 16.0. The van der Waals surface area contributed by atoms with Crippen LogP contribution in [0.3, 0.4) is 0 Å². The van der Waals surface area contributed by atoms with Crippen molar-refractivity contribution in [1.29, 1.82) is 0 Å². The van der Waals surface area contributed by atoms with Gasteiger partial charge in [-0.05, 0) is 36.8 Å². The largest absolute Gasteiger partial charge is 0.497 e. The predicted octanol–water partition coefficient (Wildman–Crippen LogP) is 3.29. The van der Waals surface area contributed by atoms with E-state index in [1.165, 1.54) is 6.07 Å². The van der Waals surface area contributed by atoms with E-state index in [0.717, 1.165) is 22.6 Å². The average molecular weight is 319 g/mol. The smallest absolute Gasteiger partial charge is 0.345 e. The van der Waals surface area contributed by atoms with Crippen LogP contribution in [0.4, 0.5) is 0 Å². The number of aromatic carboxylic acids is 1. The number of methoxy groups -OCH3 is 1. The van der Waals surface area contributed by atoms with Crippen LogP contribution in [0.25, 0.3) is 0 Å². The number of hydrogen-bond donors (Lipinski definition) is 1. The van der Waals surface area contributed by atoms with Crippen LogP contribution in [-0.4, -0.2) is 36.0 Å². The molecule has 22 heavy (non-hydrogen) atoms. The maximum Gasteiger partial charge on any atom is 0.345 e. The van der Waals surface area contributed by atoms with E-state index < -0.39 is 5.97 Å². The summed E-state index contributed by atoms with van der Waals surface area (Å²) in [5.74, 6) is -0.454. The molecule has 2 rings (SSSR count). The van der Waals surface area contributed by atoms with E-state index >= 15 is 0 Å². The Bertz CT molecular complexity index is 678. The topological polar surface area (TPSA) is 66.8 Å². The molecule has 6 heteroatoms. The Morgan fingerprint density at radius 2 is 1.73 bits per heavy atom. The van der Waals surface area contributed by atoms with Gasteiger partial charge in [0.25, 0.3) is 5.91 Å². The Morgan fingerprint density at radius 3 is 2.23 bits per heavy atom. The van der Waals surface area contributed by atoms with Gasteiger partial charge in [0.1, 0.15) is 10.6 Å². The van der Waals surface area contributed by atoms with E-state index in [0.29, 0.717) is 4.88 Å². The number of carbonyl (C=O) groups excluding carboxylic acids is 1. The Balaban J connectivity index is 2.15. The van der Waals surface area contributed by atoms with Crippen molar-refractivity contribution in [3.05, 3.63) is 51.7 Å². The number of nitrogens with zero attached hydrogens (tertiary/aromatic N) is 1. The summed E-state index contributed by atoms with van der Waals surface area (Å²) in [6, 6.07) is 10.4. The number of ether oxygens (including phenoxy) is 1. The summed E-state index contributed by atoms with van der Waals surface area (Å²) >= 11 is 0.985. The number of carbonyl (C=O) groups is 2. The fourth-order valence-electron chi connectivity index (χ4n) is 2.02. The van der Waals surface area contributed by atoms with E-state index in [4.69, 9.17) is 9.84 Å². The molecule has 1 N–H and O–H groups in total. The van der Waals surface area contributed by atoms with Crippen molar-refractivity contribution >= 4 is 23.2 Å². The van der Waals surface area contributed by atoms with Crippen LogP contribution in [0.5, 0.6) is 5.75 Å². The van der Waals surface area contributed by atoms with Gasteiger partial charge in [-0.1, -0.05) is 12.1 Å². The number of carboxylic acid groups (broad SMARTS) is 1. The molecule has 0 aliphatic heterocycles. The first-order chi connectivity index (χ1) is 10.4. The first-order valence-electron chi connectivity index (χ1n) is 6.68. The molecular weight excluding hydrogens is 302 g/mol. The number of amides is 1. The van der Waals surface area contributed by atoms with E-state index in [9.17, 15) is 9.59 Å². The lowest BCUT2D eigenvalue weighted by Gasteiger charge is -2.25. The molecule has 2 aromatic rings. The molecule has 0 spiro atoms. The molecule has 0 fully saturated rings. The van der Waals surface area contributed by atoms with Crippen LogP contribution >= 0.6 is 11.3 Å². The number of rotatable bonds is 5. The average Bonchev–Trinajstić information content (AvgIpc) is 3.03. The minimum Gasteiger partial charge on any atom is -0.497 e. The van der Waals surface area contributed by atoms with Crippen molar-refractivity contribution in [2.45, 2.75) is 13.0 Å². The zero-order chi connectivity index (χ0) is 16.3. The molecule has 0 aliphatic rings. The molecule has 0 aliphatic carbocycles. The van der Waals surface area contributed by atoms with Crippen LogP contribution in [0.2, 0.25) is 0 Å². The van der Waals surface area contributed by atoms with Crippen molar-refractivity contribution in [2.75, 3.05) is 14.2 Å². The van der Waals surface area contributed by atoms with Crippen molar-refractivity contribution in [1.82, 2.24) is 4.90 Å². The molecule has 1 atom stereocenters. The first-order valence-corrected chi connectivity index (χ1v) is 7.50. The van der Waals surface area contributed by atoms with Gasteiger partial charge in [-0.3, -0.25) is 4.79 Å². The standard InChI is InChI=1S/C16H17NO4S/c1-10(11-4-6-12(21-3)7-5-11)17(2)15(18)13-8-9-14(22-13)16(19)20/h4-10H,1-3H3,(H,19,20)/t10-/m0/s1. The minimum absolute atomic E-state index is 0.131. The fraction of sp³-hybridized carbons (Fsp3) is 0.250. The summed E-state index contributed by atoms with van der Waals surface area (Å²) in [7, 11) is 3.31. The highest BCUT2D eigenvalue weighted by Gasteiger charge is 2.21. The van der Waals surface area contributed by atoms with Crippen molar-refractivity contribution in [2.24, 2.45) is 0 Å². The van der Waals surface area contributed by atoms with Crippen LogP contribution < -0.4 is 4.74 Å². The number of benzene rings is 1. The van der Waals surface area contributed by atoms with Gasteiger partial charge in [-0.2, -0.15) is 0 Å². The highest BCUT2D eigenvalue weighted by atomic mass is 32.1. The molecule has 1 heterocycles. The molecule has 0 saturated heterocycles. The molecule has 1 aromatic heterocycles. The van der Waals surface area contributed by atoms with Gasteiger partial charge in [0.2, 0.25) is 0 Å². The quantitative estimate of drug-likeness (QED) is 0.918. The van der Waals surface area contributed by atoms with E-state index in [1.807, 2.05) is 31.2 Å². The summed E-state index contributed by atoms with van der Waals surface area (Å²) in [6.45, 7) is 1.92. The lowest BCUT2D eigenvalue weighted by atomic mass is 10.1. The Labute approximate surface area is 132 Å². The monoisotopic (exact) mass is 319 g/mol.